The van der Waals surface area contributed by atoms with Crippen LogP contribution < -0.4 is 15.4 Å². The molecule has 2 N–H and O–H groups in total. The molecule has 0 saturated carbocycles. The van der Waals surface area contributed by atoms with E-state index in [-0.39, 0.29) is 18.2 Å². The Kier molecular flexibility index (Phi) is 8.44. The van der Waals surface area contributed by atoms with Gasteiger partial charge in [-0.1, -0.05) is 29.5 Å². The van der Waals surface area contributed by atoms with Crippen molar-refractivity contribution in [3.8, 4) is 17.6 Å². The van der Waals surface area contributed by atoms with Crippen LogP contribution in [0.1, 0.15) is 17.0 Å². The van der Waals surface area contributed by atoms with Crippen molar-refractivity contribution in [3.05, 3.63) is 70.6 Å². The molecular weight excluding hydrogens is 564 g/mol. The number of thiophene rings is 1. The molecule has 2 atom stereocenters. The first-order valence-corrected chi connectivity index (χ1v) is 14.4. The van der Waals surface area contributed by atoms with Crippen molar-refractivity contribution in [2.24, 2.45) is 0 Å². The van der Waals surface area contributed by atoms with Crippen LogP contribution in [0.5, 0.6) is 5.75 Å². The Bertz CT molecular complexity index is 1580. The van der Waals surface area contributed by atoms with Gasteiger partial charge in [-0.3, -0.25) is 10.3 Å². The van der Waals surface area contributed by atoms with Gasteiger partial charge in [-0.05, 0) is 36.4 Å². The summed E-state index contributed by atoms with van der Waals surface area (Å²) in [5, 5.41) is 7.15. The van der Waals surface area contributed by atoms with Crippen molar-refractivity contribution in [2.45, 2.75) is 25.2 Å². The van der Waals surface area contributed by atoms with Crippen LogP contribution in [0.15, 0.2) is 55.0 Å². The van der Waals surface area contributed by atoms with Gasteiger partial charge in [-0.25, -0.2) is 14.8 Å². The third-order valence-corrected chi connectivity index (χ3v) is 7.95. The van der Waals surface area contributed by atoms with Crippen LogP contribution >= 0.6 is 22.9 Å². The van der Waals surface area contributed by atoms with E-state index in [1.807, 2.05) is 36.4 Å². The summed E-state index contributed by atoms with van der Waals surface area (Å²) in [7, 11) is 0. The lowest BCUT2D eigenvalue weighted by Crippen LogP contribution is -2.42. The van der Waals surface area contributed by atoms with Gasteiger partial charge in [0.15, 0.2) is 5.82 Å². The number of aromatic nitrogens is 3. The molecule has 1 amide bonds. The fraction of sp³-hybridized carbons (Fsp3) is 0.310. The van der Waals surface area contributed by atoms with E-state index >= 15 is 0 Å². The molecule has 2 saturated heterocycles. The van der Waals surface area contributed by atoms with Gasteiger partial charge >= 0.3 is 6.09 Å². The lowest BCUT2D eigenvalue weighted by atomic mass is 10.2. The second kappa shape index (κ2) is 12.7. The average Bonchev–Trinajstić information content (AvgIpc) is 3.64. The standard InChI is InChI=1S/C29H27ClN6O4S/c30-24-14-20(5-7-26(24)39-17-21-3-1-2-8-31-21)35-28-27-25(33-18-34-28)15-23(41-27)6-4-19-13-22(16-32-19)40-29(37)36-9-11-38-12-10-36/h1-3,5,7-8,14-15,18-19,22,32H,9-13,16-17H2,(H,33,34,35)/t19-,22+/m1/s1. The molecular formula is C29H27ClN6O4S. The summed E-state index contributed by atoms with van der Waals surface area (Å²) in [5.41, 5.74) is 2.39. The lowest BCUT2D eigenvalue weighted by molar-refractivity contribution is 0.0156. The number of halogens is 1. The Morgan fingerprint density at radius 1 is 1.20 bits per heavy atom. The van der Waals surface area contributed by atoms with Gasteiger partial charge in [0.05, 0.1) is 45.1 Å². The van der Waals surface area contributed by atoms with E-state index < -0.39 is 0 Å². The van der Waals surface area contributed by atoms with Crippen molar-refractivity contribution in [1.82, 2.24) is 25.2 Å². The normalized spacial score (nSPS) is 18.5. The van der Waals surface area contributed by atoms with Gasteiger partial charge in [0.25, 0.3) is 0 Å². The number of amides is 1. The third kappa shape index (κ3) is 6.86. The first-order chi connectivity index (χ1) is 20.1. The maximum atomic E-state index is 12.4. The first kappa shape index (κ1) is 27.2. The molecule has 0 spiro atoms. The number of fused-ring (bicyclic) bond motifs is 1. The highest BCUT2D eigenvalue weighted by molar-refractivity contribution is 7.20. The summed E-state index contributed by atoms with van der Waals surface area (Å²) < 4.78 is 17.7. The number of pyridine rings is 1. The minimum Gasteiger partial charge on any atom is -0.486 e. The Balaban J connectivity index is 1.08. The summed E-state index contributed by atoms with van der Waals surface area (Å²) in [4.78, 5) is 28.0. The van der Waals surface area contributed by atoms with Gasteiger partial charge in [0.2, 0.25) is 0 Å². The summed E-state index contributed by atoms with van der Waals surface area (Å²) in [6.45, 7) is 3.13. The summed E-state index contributed by atoms with van der Waals surface area (Å²) in [6, 6.07) is 13.1. The molecule has 6 rings (SSSR count). The average molecular weight is 591 g/mol. The van der Waals surface area contributed by atoms with E-state index in [1.54, 1.807) is 17.2 Å². The van der Waals surface area contributed by atoms with Crippen molar-refractivity contribution in [2.75, 3.05) is 38.2 Å². The van der Waals surface area contributed by atoms with Crippen molar-refractivity contribution in [3.63, 3.8) is 0 Å². The predicted molar refractivity (Wildman–Crippen MR) is 157 cm³/mol. The van der Waals surface area contributed by atoms with E-state index in [9.17, 15) is 4.79 Å². The van der Waals surface area contributed by atoms with Crippen LogP contribution in [0.4, 0.5) is 16.3 Å². The van der Waals surface area contributed by atoms with E-state index in [4.69, 9.17) is 25.8 Å². The predicted octanol–water partition coefficient (Wildman–Crippen LogP) is 4.61. The van der Waals surface area contributed by atoms with Crippen LogP contribution in [-0.4, -0.2) is 70.9 Å². The molecule has 1 aromatic carbocycles. The highest BCUT2D eigenvalue weighted by Crippen LogP contribution is 2.33. The number of benzene rings is 1. The van der Waals surface area contributed by atoms with Crippen LogP contribution in [0.25, 0.3) is 10.2 Å². The van der Waals surface area contributed by atoms with E-state index in [1.165, 1.54) is 17.7 Å². The molecule has 0 unspecified atom stereocenters. The van der Waals surface area contributed by atoms with Crippen molar-refractivity contribution >= 4 is 50.8 Å². The molecule has 210 valence electrons. The number of nitrogens with one attached hydrogen (secondary N) is 2. The van der Waals surface area contributed by atoms with Crippen molar-refractivity contribution in [1.29, 1.82) is 0 Å². The molecule has 2 aliphatic rings. The first-order valence-electron chi connectivity index (χ1n) is 13.2. The Morgan fingerprint density at radius 2 is 2.10 bits per heavy atom. The van der Waals surface area contributed by atoms with Gasteiger partial charge in [-0.2, -0.15) is 0 Å². The number of hydrogen-bond acceptors (Lipinski definition) is 10. The smallest absolute Gasteiger partial charge is 0.410 e. The summed E-state index contributed by atoms with van der Waals surface area (Å²) >= 11 is 8.00. The monoisotopic (exact) mass is 590 g/mol. The SMILES string of the molecule is O=C(O[C@@H]1CN[C@H](C#Cc2cc3ncnc(Nc4ccc(OCc5ccccn5)c(Cl)c4)c3s2)C1)N1CCOCC1. The lowest BCUT2D eigenvalue weighted by Gasteiger charge is -2.27. The van der Waals surface area contributed by atoms with E-state index in [2.05, 4.69) is 37.4 Å². The van der Waals surface area contributed by atoms with Gasteiger partial charge in [-0.15, -0.1) is 11.3 Å². The number of carbonyl (C=O) groups is 1. The minimum atomic E-state index is -0.287. The van der Waals surface area contributed by atoms with Crippen LogP contribution in [0, 0.1) is 11.8 Å². The zero-order valence-corrected chi connectivity index (χ0v) is 23.6. The number of rotatable bonds is 6. The number of hydrogen-bond donors (Lipinski definition) is 2. The number of anilines is 2. The largest absolute Gasteiger partial charge is 0.486 e. The molecule has 5 heterocycles. The molecule has 3 aromatic heterocycles. The molecule has 12 heteroatoms. The van der Waals surface area contributed by atoms with Crippen LogP contribution in [0.3, 0.4) is 0 Å². The van der Waals surface area contributed by atoms with Crippen molar-refractivity contribution < 1.29 is 19.0 Å². The molecule has 0 aliphatic carbocycles. The Labute approximate surface area is 246 Å². The Morgan fingerprint density at radius 3 is 2.93 bits per heavy atom. The number of morpholine rings is 1. The van der Waals surface area contributed by atoms with Gasteiger partial charge < -0.3 is 24.4 Å². The van der Waals surface area contributed by atoms with E-state index in [0.29, 0.717) is 62.5 Å². The zero-order chi connectivity index (χ0) is 28.0. The van der Waals surface area contributed by atoms with Gasteiger partial charge in [0.1, 0.15) is 24.8 Å². The molecule has 0 bridgehead atoms. The maximum Gasteiger partial charge on any atom is 0.410 e. The molecule has 10 nitrogen and oxygen atoms in total. The fourth-order valence-electron chi connectivity index (χ4n) is 4.50. The van der Waals surface area contributed by atoms with Crippen LogP contribution in [-0.2, 0) is 16.1 Å². The third-order valence-electron chi connectivity index (χ3n) is 6.60. The molecule has 41 heavy (non-hydrogen) atoms. The number of carbonyl (C=O) groups excluding carboxylic acids is 1. The second-order valence-electron chi connectivity index (χ2n) is 9.50. The van der Waals surface area contributed by atoms with Crippen LogP contribution in [0.2, 0.25) is 5.02 Å². The zero-order valence-electron chi connectivity index (χ0n) is 22.0. The molecule has 2 fully saturated rings. The topological polar surface area (TPSA) is 111 Å². The van der Waals surface area contributed by atoms with E-state index in [0.717, 1.165) is 26.5 Å². The highest BCUT2D eigenvalue weighted by atomic mass is 35.5. The quantitative estimate of drug-likeness (QED) is 0.311. The molecule has 2 aliphatic heterocycles. The number of nitrogens with zero attached hydrogens (tertiary/aromatic N) is 4. The molecule has 4 aromatic rings. The number of ether oxygens (including phenoxy) is 3. The minimum absolute atomic E-state index is 0.0630. The maximum absolute atomic E-state index is 12.4. The molecule has 0 radical (unpaired) electrons. The fourth-order valence-corrected chi connectivity index (χ4v) is 5.65. The highest BCUT2D eigenvalue weighted by Gasteiger charge is 2.28. The second-order valence-corrected chi connectivity index (χ2v) is 11.0. The summed E-state index contributed by atoms with van der Waals surface area (Å²) in [6.07, 6.45) is 3.40. The Hall–Kier alpha value is -3.95. The summed E-state index contributed by atoms with van der Waals surface area (Å²) in [5.74, 6) is 7.76. The van der Waals surface area contributed by atoms with Gasteiger partial charge in [0, 0.05) is 37.9 Å².